The Hall–Kier alpha value is -3.09. The van der Waals surface area contributed by atoms with Gasteiger partial charge in [-0.15, -0.1) is 5.10 Å². The molecule has 24 heavy (non-hydrogen) atoms. The number of hydrogen-bond donors (Lipinski definition) is 1. The van der Waals surface area contributed by atoms with Crippen molar-refractivity contribution in [1.82, 2.24) is 25.1 Å². The number of aryl methyl sites for hydroxylation is 2. The molecular weight excluding hydrogens is 309 g/mol. The van der Waals surface area contributed by atoms with E-state index in [1.165, 1.54) is 23.9 Å². The highest BCUT2D eigenvalue weighted by molar-refractivity contribution is 5.76. The van der Waals surface area contributed by atoms with Crippen molar-refractivity contribution in [2.75, 3.05) is 7.05 Å². The van der Waals surface area contributed by atoms with E-state index in [1.54, 1.807) is 30.6 Å². The number of aromatic nitrogens is 4. The summed E-state index contributed by atoms with van der Waals surface area (Å²) in [5, 5.41) is 6.82. The first-order chi connectivity index (χ1) is 11.7. The maximum atomic E-state index is 13.0. The Bertz CT molecular complexity index is 830. The van der Waals surface area contributed by atoms with Crippen LogP contribution < -0.4 is 5.32 Å². The first kappa shape index (κ1) is 15.8. The van der Waals surface area contributed by atoms with Crippen molar-refractivity contribution >= 4 is 6.03 Å². The molecule has 0 aliphatic rings. The number of hydrogen-bond acceptors (Lipinski definition) is 4. The number of pyridine rings is 1. The lowest BCUT2D eigenvalue weighted by atomic mass is 10.1. The summed E-state index contributed by atoms with van der Waals surface area (Å²) in [6.45, 7) is 0. The predicted octanol–water partition coefficient (Wildman–Crippen LogP) is 2.45. The standard InChI is InChI=1S/C17H16FN5O/c1-19-17(24)23-15(9-6-12-4-7-14(18)8-5-12)21-16(22-23)13-3-2-10-20-11-13/h2-5,7-8,10-11H,6,9H2,1H3,(H,19,24). The molecule has 1 N–H and O–H groups in total. The molecule has 0 aliphatic heterocycles. The van der Waals surface area contributed by atoms with Crippen LogP contribution in [0.25, 0.3) is 11.4 Å². The minimum atomic E-state index is -0.355. The van der Waals surface area contributed by atoms with Gasteiger partial charge in [-0.3, -0.25) is 4.98 Å². The molecule has 1 aromatic carbocycles. The van der Waals surface area contributed by atoms with E-state index in [9.17, 15) is 9.18 Å². The lowest BCUT2D eigenvalue weighted by Gasteiger charge is -2.04. The zero-order valence-corrected chi connectivity index (χ0v) is 13.1. The Balaban J connectivity index is 1.86. The smallest absolute Gasteiger partial charge is 0.339 e. The van der Waals surface area contributed by atoms with Crippen molar-refractivity contribution in [2.45, 2.75) is 12.8 Å². The third-order valence-corrected chi connectivity index (χ3v) is 3.55. The van der Waals surface area contributed by atoms with Crippen LogP contribution in [0.15, 0.2) is 48.8 Å². The Morgan fingerprint density at radius 2 is 2.00 bits per heavy atom. The molecule has 2 heterocycles. The van der Waals surface area contributed by atoms with Gasteiger partial charge in [0.2, 0.25) is 0 Å². The van der Waals surface area contributed by atoms with E-state index in [2.05, 4.69) is 20.4 Å². The molecule has 122 valence electrons. The third-order valence-electron chi connectivity index (χ3n) is 3.55. The molecule has 0 unspecified atom stereocenters. The van der Waals surface area contributed by atoms with Crippen molar-refractivity contribution in [3.63, 3.8) is 0 Å². The SMILES string of the molecule is CNC(=O)n1nc(-c2cccnc2)nc1CCc1ccc(F)cc1. The van der Waals surface area contributed by atoms with E-state index in [0.29, 0.717) is 24.5 Å². The molecule has 0 saturated heterocycles. The van der Waals surface area contributed by atoms with Crippen molar-refractivity contribution in [1.29, 1.82) is 0 Å². The molecule has 0 saturated carbocycles. The number of halogens is 1. The van der Waals surface area contributed by atoms with Crippen LogP contribution in [0.2, 0.25) is 0 Å². The second-order valence-electron chi connectivity index (χ2n) is 5.19. The van der Waals surface area contributed by atoms with Crippen LogP contribution in [0.1, 0.15) is 11.4 Å². The molecule has 0 atom stereocenters. The van der Waals surface area contributed by atoms with E-state index in [4.69, 9.17) is 0 Å². The van der Waals surface area contributed by atoms with Gasteiger partial charge in [0.1, 0.15) is 11.6 Å². The summed E-state index contributed by atoms with van der Waals surface area (Å²) in [5.41, 5.74) is 1.70. The normalized spacial score (nSPS) is 10.6. The van der Waals surface area contributed by atoms with Crippen LogP contribution in [0.4, 0.5) is 9.18 Å². The average Bonchev–Trinajstić information content (AvgIpc) is 3.05. The van der Waals surface area contributed by atoms with Gasteiger partial charge in [-0.05, 0) is 36.2 Å². The highest BCUT2D eigenvalue weighted by atomic mass is 19.1. The summed E-state index contributed by atoms with van der Waals surface area (Å²) in [6, 6.07) is 9.54. The second kappa shape index (κ2) is 6.99. The van der Waals surface area contributed by atoms with Gasteiger partial charge in [0.15, 0.2) is 5.82 Å². The van der Waals surface area contributed by atoms with E-state index < -0.39 is 0 Å². The second-order valence-corrected chi connectivity index (χ2v) is 5.19. The van der Waals surface area contributed by atoms with Crippen molar-refractivity contribution < 1.29 is 9.18 Å². The lowest BCUT2D eigenvalue weighted by Crippen LogP contribution is -2.27. The molecule has 1 amide bonds. The van der Waals surface area contributed by atoms with Crippen molar-refractivity contribution in [3.8, 4) is 11.4 Å². The van der Waals surface area contributed by atoms with Gasteiger partial charge >= 0.3 is 6.03 Å². The molecule has 0 bridgehead atoms. The van der Waals surface area contributed by atoms with E-state index in [-0.39, 0.29) is 11.8 Å². The van der Waals surface area contributed by atoms with E-state index in [0.717, 1.165) is 11.1 Å². The molecule has 0 radical (unpaired) electrons. The molecule has 2 aromatic heterocycles. The number of nitrogens with zero attached hydrogens (tertiary/aromatic N) is 4. The molecule has 7 heteroatoms. The van der Waals surface area contributed by atoms with Crippen molar-refractivity contribution in [3.05, 3.63) is 66.0 Å². The molecule has 3 aromatic rings. The number of benzene rings is 1. The summed E-state index contributed by atoms with van der Waals surface area (Å²) in [4.78, 5) is 20.5. The molecule has 0 aliphatic carbocycles. The van der Waals surface area contributed by atoms with Gasteiger partial charge in [0, 0.05) is 31.4 Å². The van der Waals surface area contributed by atoms with Gasteiger partial charge in [-0.2, -0.15) is 4.68 Å². The molecule has 0 spiro atoms. The maximum Gasteiger partial charge on any atom is 0.343 e. The first-order valence-electron chi connectivity index (χ1n) is 7.50. The quantitative estimate of drug-likeness (QED) is 0.800. The third kappa shape index (κ3) is 3.45. The fraction of sp³-hybridized carbons (Fsp3) is 0.176. The Labute approximate surface area is 138 Å². The van der Waals surface area contributed by atoms with Crippen LogP contribution in [0.3, 0.4) is 0 Å². The monoisotopic (exact) mass is 325 g/mol. The van der Waals surface area contributed by atoms with Crippen LogP contribution in [-0.2, 0) is 12.8 Å². The minimum absolute atomic E-state index is 0.272. The summed E-state index contributed by atoms with van der Waals surface area (Å²) in [6.07, 6.45) is 4.44. The summed E-state index contributed by atoms with van der Waals surface area (Å²) in [5.74, 6) is 0.712. The summed E-state index contributed by atoms with van der Waals surface area (Å²) in [7, 11) is 1.54. The number of nitrogens with one attached hydrogen (secondary N) is 1. The first-order valence-corrected chi connectivity index (χ1v) is 7.50. The summed E-state index contributed by atoms with van der Waals surface area (Å²) < 4.78 is 14.2. The van der Waals surface area contributed by atoms with Gasteiger partial charge in [-0.1, -0.05) is 12.1 Å². The highest BCUT2D eigenvalue weighted by Gasteiger charge is 2.16. The van der Waals surface area contributed by atoms with Gasteiger partial charge in [0.05, 0.1) is 0 Å². The van der Waals surface area contributed by atoms with Crippen LogP contribution >= 0.6 is 0 Å². The number of amides is 1. The van der Waals surface area contributed by atoms with Gasteiger partial charge in [-0.25, -0.2) is 14.2 Å². The Kier molecular flexibility index (Phi) is 4.60. The van der Waals surface area contributed by atoms with Gasteiger partial charge in [0.25, 0.3) is 0 Å². The Morgan fingerprint density at radius 1 is 1.21 bits per heavy atom. The zero-order chi connectivity index (χ0) is 16.9. The largest absolute Gasteiger partial charge is 0.343 e. The minimum Gasteiger partial charge on any atom is -0.339 e. The topological polar surface area (TPSA) is 72.7 Å². The predicted molar refractivity (Wildman–Crippen MR) is 86.9 cm³/mol. The zero-order valence-electron chi connectivity index (χ0n) is 13.1. The fourth-order valence-electron chi connectivity index (χ4n) is 2.30. The fourth-order valence-corrected chi connectivity index (χ4v) is 2.30. The number of rotatable bonds is 4. The van der Waals surface area contributed by atoms with Crippen LogP contribution in [-0.4, -0.2) is 32.8 Å². The number of carbonyl (C=O) groups is 1. The van der Waals surface area contributed by atoms with Crippen LogP contribution in [0.5, 0.6) is 0 Å². The lowest BCUT2D eigenvalue weighted by molar-refractivity contribution is 0.240. The molecule has 0 fully saturated rings. The van der Waals surface area contributed by atoms with Crippen molar-refractivity contribution in [2.24, 2.45) is 0 Å². The van der Waals surface area contributed by atoms with E-state index >= 15 is 0 Å². The number of carbonyl (C=O) groups excluding carboxylic acids is 1. The molecule has 3 rings (SSSR count). The summed E-state index contributed by atoms with van der Waals surface area (Å²) >= 11 is 0. The maximum absolute atomic E-state index is 13.0. The van der Waals surface area contributed by atoms with Crippen LogP contribution in [0, 0.1) is 5.82 Å². The highest BCUT2D eigenvalue weighted by Crippen LogP contribution is 2.15. The Morgan fingerprint density at radius 3 is 2.67 bits per heavy atom. The average molecular weight is 325 g/mol. The molecule has 6 nitrogen and oxygen atoms in total. The van der Waals surface area contributed by atoms with E-state index in [1.807, 2.05) is 6.07 Å². The van der Waals surface area contributed by atoms with Gasteiger partial charge < -0.3 is 5.32 Å². The molecular formula is C17H16FN5O.